The van der Waals surface area contributed by atoms with E-state index in [1.54, 1.807) is 0 Å². The van der Waals surface area contributed by atoms with E-state index in [1.807, 2.05) is 13.1 Å². The van der Waals surface area contributed by atoms with Gasteiger partial charge in [0.2, 0.25) is 0 Å². The van der Waals surface area contributed by atoms with Crippen LogP contribution in [0, 0.1) is 0 Å². The summed E-state index contributed by atoms with van der Waals surface area (Å²) in [5, 5.41) is 3.39. The highest BCUT2D eigenvalue weighted by Gasteiger charge is 2.30. The highest BCUT2D eigenvalue weighted by atomic mass is 15.3. The minimum Gasteiger partial charge on any atom is -0.351 e. The van der Waals surface area contributed by atoms with Gasteiger partial charge in [0.25, 0.3) is 0 Å². The largest absolute Gasteiger partial charge is 0.351 e. The van der Waals surface area contributed by atoms with E-state index in [1.165, 1.54) is 5.56 Å². The smallest absolute Gasteiger partial charge is 0.182 e. The lowest BCUT2D eigenvalue weighted by atomic mass is 10.1. The lowest BCUT2D eigenvalue weighted by Crippen LogP contribution is -2.52. The number of anilines is 1. The molecule has 0 saturated carbocycles. The Labute approximate surface area is 136 Å². The number of nitrogens with zero attached hydrogens (tertiary/aromatic N) is 4. The topological polar surface area (TPSA) is 43.2 Å². The summed E-state index contributed by atoms with van der Waals surface area (Å²) in [6.07, 6.45) is 3.01. The average molecular weight is 307 g/mol. The minimum atomic E-state index is 0.897. The molecule has 0 unspecified atom stereocenters. The Morgan fingerprint density at radius 3 is 2.78 bits per heavy atom. The molecule has 5 heteroatoms. The van der Waals surface area contributed by atoms with Crippen molar-refractivity contribution in [3.8, 4) is 0 Å². The van der Waals surface area contributed by atoms with Crippen LogP contribution in [0.4, 0.5) is 11.4 Å². The summed E-state index contributed by atoms with van der Waals surface area (Å²) >= 11 is 0. The van der Waals surface area contributed by atoms with Crippen LogP contribution in [0.2, 0.25) is 0 Å². The molecule has 118 valence electrons. The number of fused-ring (bicyclic) bond motifs is 3. The van der Waals surface area contributed by atoms with Crippen LogP contribution in [0.25, 0.3) is 0 Å². The fourth-order valence-electron chi connectivity index (χ4n) is 3.13. The average Bonchev–Trinajstić information content (AvgIpc) is 2.61. The number of aryl methyl sites for hydroxylation is 1. The van der Waals surface area contributed by atoms with Crippen molar-refractivity contribution in [2.24, 2.45) is 9.98 Å². The molecule has 0 bridgehead atoms. The predicted molar refractivity (Wildman–Crippen MR) is 94.5 cm³/mol. The van der Waals surface area contributed by atoms with E-state index in [0.717, 1.165) is 61.3 Å². The standard InChI is InChI=1S/C18H21N5/c1-3-14-4-5-15-16(12-14)23-9-6-13(2)20-18(23)17(21-15)22-10-7-19-8-11-22/h4-5,9,12,19H,3,7-8,10-11H2,1-2H3. The van der Waals surface area contributed by atoms with Crippen LogP contribution in [-0.2, 0) is 6.42 Å². The van der Waals surface area contributed by atoms with Gasteiger partial charge in [-0.2, -0.15) is 0 Å². The number of allylic oxidation sites excluding steroid dienone is 1. The Balaban J connectivity index is 1.85. The summed E-state index contributed by atoms with van der Waals surface area (Å²) < 4.78 is 0. The number of piperazine rings is 1. The van der Waals surface area contributed by atoms with Crippen LogP contribution in [0.1, 0.15) is 19.4 Å². The summed E-state index contributed by atoms with van der Waals surface area (Å²) in [7, 11) is 0. The minimum absolute atomic E-state index is 0.897. The van der Waals surface area contributed by atoms with Crippen molar-refractivity contribution >= 4 is 23.0 Å². The second-order valence-corrected chi connectivity index (χ2v) is 6.01. The number of aliphatic imine (C=N–C) groups is 2. The van der Waals surface area contributed by atoms with Crippen molar-refractivity contribution in [2.45, 2.75) is 20.3 Å². The second kappa shape index (κ2) is 5.69. The normalized spacial score (nSPS) is 19.7. The van der Waals surface area contributed by atoms with Gasteiger partial charge in [0.15, 0.2) is 11.7 Å². The van der Waals surface area contributed by atoms with Crippen molar-refractivity contribution in [2.75, 3.05) is 31.1 Å². The van der Waals surface area contributed by atoms with Gasteiger partial charge in [-0.15, -0.1) is 0 Å². The molecule has 1 aromatic carbocycles. The molecule has 3 aliphatic rings. The van der Waals surface area contributed by atoms with Gasteiger partial charge in [0.05, 0.1) is 23.3 Å². The maximum absolute atomic E-state index is 4.94. The van der Waals surface area contributed by atoms with E-state index in [9.17, 15) is 0 Å². The van der Waals surface area contributed by atoms with Crippen molar-refractivity contribution < 1.29 is 0 Å². The third-order valence-electron chi connectivity index (χ3n) is 4.45. The van der Waals surface area contributed by atoms with Gasteiger partial charge in [0.1, 0.15) is 0 Å². The van der Waals surface area contributed by atoms with E-state index >= 15 is 0 Å². The van der Waals surface area contributed by atoms with Crippen LogP contribution in [-0.4, -0.2) is 42.8 Å². The highest BCUT2D eigenvalue weighted by molar-refractivity contribution is 6.48. The van der Waals surface area contributed by atoms with Crippen molar-refractivity contribution in [3.05, 3.63) is 41.4 Å². The first-order chi connectivity index (χ1) is 11.3. The molecule has 0 spiro atoms. The molecular weight excluding hydrogens is 286 g/mol. The predicted octanol–water partition coefficient (Wildman–Crippen LogP) is 2.43. The van der Waals surface area contributed by atoms with Gasteiger partial charge >= 0.3 is 0 Å². The van der Waals surface area contributed by atoms with E-state index in [-0.39, 0.29) is 0 Å². The molecule has 1 saturated heterocycles. The van der Waals surface area contributed by atoms with Gasteiger partial charge in [-0.1, -0.05) is 18.7 Å². The van der Waals surface area contributed by atoms with E-state index in [2.05, 4.69) is 46.0 Å². The number of benzene rings is 1. The van der Waals surface area contributed by atoms with E-state index < -0.39 is 0 Å². The number of amidine groups is 2. The Morgan fingerprint density at radius 2 is 2.00 bits per heavy atom. The SMILES string of the molecule is CCc1ccc2c(c1)N1C=C=C(C)N=C1C(N1CCNCC1)=N2. The zero-order valence-corrected chi connectivity index (χ0v) is 13.6. The van der Waals surface area contributed by atoms with Crippen LogP contribution in [0.3, 0.4) is 0 Å². The maximum atomic E-state index is 4.94. The van der Waals surface area contributed by atoms with Gasteiger partial charge in [0, 0.05) is 26.2 Å². The third kappa shape index (κ3) is 2.48. The first-order valence-electron chi connectivity index (χ1n) is 8.25. The van der Waals surface area contributed by atoms with Crippen molar-refractivity contribution in [1.82, 2.24) is 10.2 Å². The molecule has 1 fully saturated rings. The molecule has 23 heavy (non-hydrogen) atoms. The number of hydrogen-bond acceptors (Lipinski definition) is 5. The second-order valence-electron chi connectivity index (χ2n) is 6.01. The molecule has 1 N–H and O–H groups in total. The Bertz CT molecular complexity index is 762. The van der Waals surface area contributed by atoms with Gasteiger partial charge in [-0.05, 0) is 31.0 Å². The van der Waals surface area contributed by atoms with Crippen LogP contribution in [0.15, 0.2) is 45.8 Å². The summed E-state index contributed by atoms with van der Waals surface area (Å²) in [6, 6.07) is 6.49. The molecule has 0 atom stereocenters. The third-order valence-corrected chi connectivity index (χ3v) is 4.45. The number of rotatable bonds is 1. The molecule has 4 rings (SSSR count). The molecule has 0 radical (unpaired) electrons. The van der Waals surface area contributed by atoms with Crippen LogP contribution < -0.4 is 10.2 Å². The summed E-state index contributed by atoms with van der Waals surface area (Å²) in [5.41, 5.74) is 7.54. The number of nitrogens with one attached hydrogen (secondary N) is 1. The fraction of sp³-hybridized carbons (Fsp3) is 0.389. The Hall–Kier alpha value is -2.36. The molecule has 3 aliphatic heterocycles. The van der Waals surface area contributed by atoms with Gasteiger partial charge < -0.3 is 10.2 Å². The zero-order chi connectivity index (χ0) is 15.8. The number of hydrogen-bond donors (Lipinski definition) is 1. The summed E-state index contributed by atoms with van der Waals surface area (Å²) in [4.78, 5) is 14.1. The first-order valence-corrected chi connectivity index (χ1v) is 8.25. The zero-order valence-electron chi connectivity index (χ0n) is 13.6. The fourth-order valence-corrected chi connectivity index (χ4v) is 3.13. The van der Waals surface area contributed by atoms with Crippen molar-refractivity contribution in [1.29, 1.82) is 0 Å². The van der Waals surface area contributed by atoms with Gasteiger partial charge in [-0.25, -0.2) is 9.98 Å². The monoisotopic (exact) mass is 307 g/mol. The molecule has 0 aromatic heterocycles. The summed E-state index contributed by atoms with van der Waals surface area (Å²) in [6.45, 7) is 8.04. The van der Waals surface area contributed by atoms with E-state index in [0.29, 0.717) is 0 Å². The van der Waals surface area contributed by atoms with E-state index in [4.69, 9.17) is 9.98 Å². The van der Waals surface area contributed by atoms with Crippen LogP contribution >= 0.6 is 0 Å². The van der Waals surface area contributed by atoms with Crippen molar-refractivity contribution in [3.63, 3.8) is 0 Å². The quantitative estimate of drug-likeness (QED) is 0.810. The molecular formula is C18H21N5. The van der Waals surface area contributed by atoms with Crippen LogP contribution in [0.5, 0.6) is 0 Å². The maximum Gasteiger partial charge on any atom is 0.182 e. The Kier molecular flexibility index (Phi) is 3.52. The summed E-state index contributed by atoms with van der Waals surface area (Å²) in [5.74, 6) is 1.89. The highest BCUT2D eigenvalue weighted by Crippen LogP contribution is 2.36. The first kappa shape index (κ1) is 14.2. The molecule has 0 amide bonds. The Morgan fingerprint density at radius 1 is 1.17 bits per heavy atom. The molecule has 0 aliphatic carbocycles. The van der Waals surface area contributed by atoms with Gasteiger partial charge in [-0.3, -0.25) is 4.90 Å². The lowest BCUT2D eigenvalue weighted by molar-refractivity contribution is 0.360. The molecule has 1 aromatic rings. The molecule has 5 nitrogen and oxygen atoms in total. The lowest BCUT2D eigenvalue weighted by Gasteiger charge is -2.37. The molecule has 3 heterocycles.